The lowest BCUT2D eigenvalue weighted by molar-refractivity contribution is 0.601. The van der Waals surface area contributed by atoms with Crippen LogP contribution in [-0.2, 0) is 0 Å². The monoisotopic (exact) mass is 116 g/mol. The van der Waals surface area contributed by atoms with Crippen molar-refractivity contribution in [1.29, 1.82) is 0 Å². The molecule has 0 bridgehead atoms. The van der Waals surface area contributed by atoms with E-state index in [-0.39, 0.29) is 5.83 Å². The van der Waals surface area contributed by atoms with Crippen LogP contribution in [0.2, 0.25) is 0 Å². The van der Waals surface area contributed by atoms with Crippen LogP contribution < -0.4 is 0 Å². The third kappa shape index (κ3) is 3.85. The SMILES string of the molecule is CCC(C)/C=C(\C)F. The van der Waals surface area contributed by atoms with E-state index in [1.165, 1.54) is 6.92 Å². The van der Waals surface area contributed by atoms with Crippen molar-refractivity contribution in [3.05, 3.63) is 11.9 Å². The van der Waals surface area contributed by atoms with Gasteiger partial charge in [0, 0.05) is 0 Å². The highest BCUT2D eigenvalue weighted by Crippen LogP contribution is 2.06. The smallest absolute Gasteiger partial charge is 0.0931 e. The van der Waals surface area contributed by atoms with Crippen LogP contribution in [0.25, 0.3) is 0 Å². The standard InChI is InChI=1S/C7H13F/c1-4-6(2)5-7(3)8/h5-6H,4H2,1-3H3/b7-5+. The minimum absolute atomic E-state index is 0.0700. The molecule has 0 nitrogen and oxygen atoms in total. The molecular weight excluding hydrogens is 103 g/mol. The minimum Gasteiger partial charge on any atom is -0.212 e. The van der Waals surface area contributed by atoms with Gasteiger partial charge < -0.3 is 0 Å². The third-order valence-electron chi connectivity index (χ3n) is 1.16. The van der Waals surface area contributed by atoms with Crippen LogP contribution in [0.3, 0.4) is 0 Å². The molecule has 0 N–H and O–H groups in total. The maximum Gasteiger partial charge on any atom is 0.0931 e. The summed E-state index contributed by atoms with van der Waals surface area (Å²) in [5.41, 5.74) is 0. The van der Waals surface area contributed by atoms with Gasteiger partial charge in [-0.25, -0.2) is 4.39 Å². The molecule has 0 aromatic rings. The van der Waals surface area contributed by atoms with Crippen molar-refractivity contribution < 1.29 is 4.39 Å². The number of hydrogen-bond acceptors (Lipinski definition) is 0. The van der Waals surface area contributed by atoms with Gasteiger partial charge in [-0.3, -0.25) is 0 Å². The highest BCUT2D eigenvalue weighted by molar-refractivity contribution is 4.89. The van der Waals surface area contributed by atoms with E-state index in [1.54, 1.807) is 6.08 Å². The molecular formula is C7H13F. The Hall–Kier alpha value is -0.330. The summed E-state index contributed by atoms with van der Waals surface area (Å²) in [6.45, 7) is 5.53. The first-order valence-corrected chi connectivity index (χ1v) is 3.00. The van der Waals surface area contributed by atoms with Gasteiger partial charge in [-0.15, -0.1) is 0 Å². The van der Waals surface area contributed by atoms with Crippen molar-refractivity contribution >= 4 is 0 Å². The summed E-state index contributed by atoms with van der Waals surface area (Å²) >= 11 is 0. The molecule has 0 aliphatic carbocycles. The van der Waals surface area contributed by atoms with Crippen LogP contribution in [0.4, 0.5) is 4.39 Å². The van der Waals surface area contributed by atoms with Gasteiger partial charge in [-0.2, -0.15) is 0 Å². The van der Waals surface area contributed by atoms with E-state index in [9.17, 15) is 4.39 Å². The first kappa shape index (κ1) is 7.67. The van der Waals surface area contributed by atoms with Crippen LogP contribution >= 0.6 is 0 Å². The fraction of sp³-hybridized carbons (Fsp3) is 0.714. The van der Waals surface area contributed by atoms with Crippen LogP contribution in [-0.4, -0.2) is 0 Å². The lowest BCUT2D eigenvalue weighted by Crippen LogP contribution is -1.84. The van der Waals surface area contributed by atoms with E-state index in [0.29, 0.717) is 5.92 Å². The zero-order chi connectivity index (χ0) is 6.57. The molecule has 0 aromatic carbocycles. The molecule has 0 fully saturated rings. The van der Waals surface area contributed by atoms with Crippen molar-refractivity contribution in [3.63, 3.8) is 0 Å². The van der Waals surface area contributed by atoms with Gasteiger partial charge in [-0.1, -0.05) is 19.9 Å². The number of allylic oxidation sites excluding steroid dienone is 2. The van der Waals surface area contributed by atoms with Gasteiger partial charge in [0.2, 0.25) is 0 Å². The maximum absolute atomic E-state index is 12.0. The van der Waals surface area contributed by atoms with Crippen LogP contribution in [0.5, 0.6) is 0 Å². The predicted molar refractivity (Wildman–Crippen MR) is 34.3 cm³/mol. The Kier molecular flexibility index (Phi) is 3.49. The molecule has 1 unspecified atom stereocenters. The number of hydrogen-bond donors (Lipinski definition) is 0. The lowest BCUT2D eigenvalue weighted by atomic mass is 10.1. The largest absolute Gasteiger partial charge is 0.212 e. The zero-order valence-electron chi connectivity index (χ0n) is 5.74. The van der Waals surface area contributed by atoms with Gasteiger partial charge in [0.15, 0.2) is 0 Å². The summed E-state index contributed by atoms with van der Waals surface area (Å²) < 4.78 is 12.0. The van der Waals surface area contributed by atoms with Crippen molar-refractivity contribution in [3.8, 4) is 0 Å². The van der Waals surface area contributed by atoms with Crippen molar-refractivity contribution in [2.75, 3.05) is 0 Å². The molecule has 0 spiro atoms. The van der Waals surface area contributed by atoms with Gasteiger partial charge in [0.1, 0.15) is 0 Å². The molecule has 48 valence electrons. The van der Waals surface area contributed by atoms with Gasteiger partial charge in [0.05, 0.1) is 5.83 Å². The quantitative estimate of drug-likeness (QED) is 0.520. The third-order valence-corrected chi connectivity index (χ3v) is 1.16. The summed E-state index contributed by atoms with van der Waals surface area (Å²) in [5.74, 6) is 0.319. The summed E-state index contributed by atoms with van der Waals surface area (Å²) in [6, 6.07) is 0. The number of rotatable bonds is 2. The lowest BCUT2D eigenvalue weighted by Gasteiger charge is -1.97. The number of halogens is 1. The zero-order valence-corrected chi connectivity index (χ0v) is 5.74. The highest BCUT2D eigenvalue weighted by atomic mass is 19.1. The van der Waals surface area contributed by atoms with Gasteiger partial charge in [-0.05, 0) is 19.3 Å². The Bertz CT molecular complexity index is 80.4. The van der Waals surface area contributed by atoms with Gasteiger partial charge in [0.25, 0.3) is 0 Å². The van der Waals surface area contributed by atoms with Gasteiger partial charge >= 0.3 is 0 Å². The normalized spacial score (nSPS) is 16.2. The topological polar surface area (TPSA) is 0 Å². The Morgan fingerprint density at radius 3 is 2.38 bits per heavy atom. The first-order chi connectivity index (χ1) is 3.66. The molecule has 0 saturated carbocycles. The molecule has 0 radical (unpaired) electrons. The van der Waals surface area contributed by atoms with E-state index in [2.05, 4.69) is 0 Å². The summed E-state index contributed by atoms with van der Waals surface area (Å²) in [4.78, 5) is 0. The van der Waals surface area contributed by atoms with Crippen LogP contribution in [0.15, 0.2) is 11.9 Å². The molecule has 0 aliphatic heterocycles. The second-order valence-corrected chi connectivity index (χ2v) is 2.14. The molecule has 0 amide bonds. The van der Waals surface area contributed by atoms with E-state index in [4.69, 9.17) is 0 Å². The minimum atomic E-state index is -0.0700. The van der Waals surface area contributed by atoms with E-state index in [1.807, 2.05) is 13.8 Å². The molecule has 0 rings (SSSR count). The molecule has 8 heavy (non-hydrogen) atoms. The van der Waals surface area contributed by atoms with Crippen molar-refractivity contribution in [2.24, 2.45) is 5.92 Å². The fourth-order valence-electron chi connectivity index (χ4n) is 0.510. The van der Waals surface area contributed by atoms with Crippen LogP contribution in [0, 0.1) is 5.92 Å². The Morgan fingerprint density at radius 1 is 1.75 bits per heavy atom. The average molecular weight is 116 g/mol. The molecule has 0 aromatic heterocycles. The Morgan fingerprint density at radius 2 is 2.25 bits per heavy atom. The summed E-state index contributed by atoms with van der Waals surface area (Å²) in [7, 11) is 0. The second kappa shape index (κ2) is 3.65. The summed E-state index contributed by atoms with van der Waals surface area (Å²) in [5, 5.41) is 0. The molecule has 1 heteroatoms. The summed E-state index contributed by atoms with van der Waals surface area (Å²) in [6.07, 6.45) is 2.65. The molecule has 0 saturated heterocycles. The van der Waals surface area contributed by atoms with Crippen molar-refractivity contribution in [1.82, 2.24) is 0 Å². The van der Waals surface area contributed by atoms with E-state index in [0.717, 1.165) is 6.42 Å². The van der Waals surface area contributed by atoms with Crippen molar-refractivity contribution in [2.45, 2.75) is 27.2 Å². The molecule has 0 aliphatic rings. The van der Waals surface area contributed by atoms with Crippen LogP contribution in [0.1, 0.15) is 27.2 Å². The molecule has 0 heterocycles. The molecule has 1 atom stereocenters. The average Bonchev–Trinajstić information content (AvgIpc) is 1.65. The maximum atomic E-state index is 12.0. The fourth-order valence-corrected chi connectivity index (χ4v) is 0.510. The van der Waals surface area contributed by atoms with E-state index < -0.39 is 0 Å². The van der Waals surface area contributed by atoms with E-state index >= 15 is 0 Å². The predicted octanol–water partition coefficient (Wildman–Crippen LogP) is 2.91. The second-order valence-electron chi connectivity index (χ2n) is 2.14. The Balaban J connectivity index is 3.51. The Labute approximate surface area is 50.4 Å². The first-order valence-electron chi connectivity index (χ1n) is 3.00. The highest BCUT2D eigenvalue weighted by Gasteiger charge is 1.91.